The zero-order valence-electron chi connectivity index (χ0n) is 10.1. The van der Waals surface area contributed by atoms with E-state index in [1.807, 2.05) is 0 Å². The van der Waals surface area contributed by atoms with Gasteiger partial charge in [-0.2, -0.15) is 0 Å². The van der Waals surface area contributed by atoms with E-state index in [0.717, 1.165) is 12.0 Å². The molecule has 1 saturated heterocycles. The van der Waals surface area contributed by atoms with Crippen molar-refractivity contribution in [2.45, 2.75) is 46.1 Å². The Labute approximate surface area is 89.1 Å². The van der Waals surface area contributed by atoms with E-state index in [9.17, 15) is 0 Å². The van der Waals surface area contributed by atoms with Crippen molar-refractivity contribution >= 4 is 0 Å². The monoisotopic (exact) mass is 198 g/mol. The molecule has 0 aliphatic carbocycles. The highest BCUT2D eigenvalue weighted by Gasteiger charge is 2.24. The smallest absolute Gasteiger partial charge is 0.00796 e. The molecule has 0 aromatic rings. The Hall–Kier alpha value is -0.0800. The Morgan fingerprint density at radius 3 is 2.29 bits per heavy atom. The van der Waals surface area contributed by atoms with Crippen molar-refractivity contribution in [2.75, 3.05) is 26.2 Å². The third kappa shape index (κ3) is 3.58. The van der Waals surface area contributed by atoms with Crippen LogP contribution in [0, 0.1) is 5.92 Å². The molecule has 0 aromatic heterocycles. The molecule has 1 aliphatic heterocycles. The van der Waals surface area contributed by atoms with Gasteiger partial charge in [0.25, 0.3) is 0 Å². The van der Waals surface area contributed by atoms with E-state index in [1.165, 1.54) is 45.4 Å². The molecular formula is C12H26N2. The van der Waals surface area contributed by atoms with Gasteiger partial charge in [0.05, 0.1) is 0 Å². The van der Waals surface area contributed by atoms with Crippen LogP contribution in [-0.2, 0) is 0 Å². The Balaban J connectivity index is 2.29. The van der Waals surface area contributed by atoms with Crippen molar-refractivity contribution in [3.8, 4) is 0 Å². The second-order valence-electron chi connectivity index (χ2n) is 4.59. The topological polar surface area (TPSA) is 15.3 Å². The van der Waals surface area contributed by atoms with E-state index < -0.39 is 0 Å². The quantitative estimate of drug-likeness (QED) is 0.703. The standard InChI is InChI=1S/C12H26N2/c1-4-8-14(9-5-2)10-12-6-7-13-11(12)3/h11-13H,4-10H2,1-3H3. The molecule has 0 saturated carbocycles. The van der Waals surface area contributed by atoms with E-state index in [0.29, 0.717) is 0 Å². The van der Waals surface area contributed by atoms with Gasteiger partial charge in [-0.25, -0.2) is 0 Å². The van der Waals surface area contributed by atoms with Crippen LogP contribution in [0.4, 0.5) is 0 Å². The van der Waals surface area contributed by atoms with E-state index in [-0.39, 0.29) is 0 Å². The molecule has 0 spiro atoms. The Morgan fingerprint density at radius 1 is 1.21 bits per heavy atom. The van der Waals surface area contributed by atoms with Gasteiger partial charge in [-0.1, -0.05) is 13.8 Å². The summed E-state index contributed by atoms with van der Waals surface area (Å²) >= 11 is 0. The SMILES string of the molecule is CCCN(CCC)CC1CCNC1C. The Bertz CT molecular complexity index is 141. The first-order chi connectivity index (χ1) is 6.77. The Morgan fingerprint density at radius 2 is 1.86 bits per heavy atom. The molecule has 0 radical (unpaired) electrons. The van der Waals surface area contributed by atoms with Crippen LogP contribution in [0.1, 0.15) is 40.0 Å². The van der Waals surface area contributed by atoms with E-state index >= 15 is 0 Å². The summed E-state index contributed by atoms with van der Waals surface area (Å²) in [6.07, 6.45) is 3.94. The summed E-state index contributed by atoms with van der Waals surface area (Å²) < 4.78 is 0. The lowest BCUT2D eigenvalue weighted by atomic mass is 10.0. The number of nitrogens with one attached hydrogen (secondary N) is 1. The third-order valence-corrected chi connectivity index (χ3v) is 3.26. The third-order valence-electron chi connectivity index (χ3n) is 3.26. The molecule has 0 amide bonds. The van der Waals surface area contributed by atoms with Gasteiger partial charge in [0.2, 0.25) is 0 Å². The number of rotatable bonds is 6. The van der Waals surface area contributed by atoms with Crippen LogP contribution in [0.3, 0.4) is 0 Å². The minimum Gasteiger partial charge on any atom is -0.314 e. The molecule has 1 rings (SSSR count). The summed E-state index contributed by atoms with van der Waals surface area (Å²) in [5.74, 6) is 0.882. The largest absolute Gasteiger partial charge is 0.314 e. The zero-order valence-corrected chi connectivity index (χ0v) is 10.1. The number of nitrogens with zero attached hydrogens (tertiary/aromatic N) is 1. The highest BCUT2D eigenvalue weighted by atomic mass is 15.1. The molecule has 1 fully saturated rings. The van der Waals surface area contributed by atoms with Crippen molar-refractivity contribution in [2.24, 2.45) is 5.92 Å². The molecule has 2 unspecified atom stereocenters. The molecule has 1 heterocycles. The first-order valence-corrected chi connectivity index (χ1v) is 6.23. The molecule has 0 aromatic carbocycles. The van der Waals surface area contributed by atoms with Crippen LogP contribution < -0.4 is 5.32 Å². The highest BCUT2D eigenvalue weighted by Crippen LogP contribution is 2.16. The first-order valence-electron chi connectivity index (χ1n) is 6.23. The molecule has 1 aliphatic rings. The highest BCUT2D eigenvalue weighted by molar-refractivity contribution is 4.82. The molecule has 1 N–H and O–H groups in total. The Kier molecular flexibility index (Phi) is 5.49. The lowest BCUT2D eigenvalue weighted by molar-refractivity contribution is 0.224. The fourth-order valence-corrected chi connectivity index (χ4v) is 2.42. The van der Waals surface area contributed by atoms with Gasteiger partial charge in [-0.05, 0) is 51.7 Å². The van der Waals surface area contributed by atoms with Gasteiger partial charge < -0.3 is 10.2 Å². The van der Waals surface area contributed by atoms with Crippen LogP contribution in [0.15, 0.2) is 0 Å². The van der Waals surface area contributed by atoms with Crippen molar-refractivity contribution in [1.29, 1.82) is 0 Å². The van der Waals surface area contributed by atoms with Crippen molar-refractivity contribution in [3.05, 3.63) is 0 Å². The van der Waals surface area contributed by atoms with E-state index in [4.69, 9.17) is 0 Å². The maximum absolute atomic E-state index is 3.53. The van der Waals surface area contributed by atoms with Crippen LogP contribution in [-0.4, -0.2) is 37.1 Å². The predicted molar refractivity (Wildman–Crippen MR) is 62.6 cm³/mol. The molecule has 84 valence electrons. The number of hydrogen-bond donors (Lipinski definition) is 1. The molecule has 2 nitrogen and oxygen atoms in total. The van der Waals surface area contributed by atoms with Crippen LogP contribution in [0.5, 0.6) is 0 Å². The van der Waals surface area contributed by atoms with E-state index in [1.54, 1.807) is 0 Å². The number of hydrogen-bond acceptors (Lipinski definition) is 2. The summed E-state index contributed by atoms with van der Waals surface area (Å²) in [6.45, 7) is 12.0. The lowest BCUT2D eigenvalue weighted by Gasteiger charge is -2.26. The molecule has 2 heteroatoms. The van der Waals surface area contributed by atoms with Gasteiger partial charge in [-0.15, -0.1) is 0 Å². The molecular weight excluding hydrogens is 172 g/mol. The summed E-state index contributed by atoms with van der Waals surface area (Å²) in [7, 11) is 0. The van der Waals surface area contributed by atoms with Gasteiger partial charge in [0, 0.05) is 12.6 Å². The predicted octanol–water partition coefficient (Wildman–Crippen LogP) is 2.11. The second-order valence-corrected chi connectivity index (χ2v) is 4.59. The molecule has 14 heavy (non-hydrogen) atoms. The summed E-state index contributed by atoms with van der Waals surface area (Å²) in [5.41, 5.74) is 0. The van der Waals surface area contributed by atoms with Crippen LogP contribution in [0.25, 0.3) is 0 Å². The van der Waals surface area contributed by atoms with Gasteiger partial charge in [-0.3, -0.25) is 0 Å². The summed E-state index contributed by atoms with van der Waals surface area (Å²) in [5, 5.41) is 3.53. The fraction of sp³-hybridized carbons (Fsp3) is 1.00. The normalized spacial score (nSPS) is 27.4. The lowest BCUT2D eigenvalue weighted by Crippen LogP contribution is -2.35. The summed E-state index contributed by atoms with van der Waals surface area (Å²) in [6, 6.07) is 0.728. The molecule has 2 atom stereocenters. The second kappa shape index (κ2) is 6.41. The van der Waals surface area contributed by atoms with Crippen LogP contribution in [0.2, 0.25) is 0 Å². The van der Waals surface area contributed by atoms with Gasteiger partial charge in [0.15, 0.2) is 0 Å². The minimum atomic E-state index is 0.728. The zero-order chi connectivity index (χ0) is 10.4. The average molecular weight is 198 g/mol. The van der Waals surface area contributed by atoms with Crippen molar-refractivity contribution in [3.63, 3.8) is 0 Å². The maximum Gasteiger partial charge on any atom is 0.00796 e. The maximum atomic E-state index is 3.53. The van der Waals surface area contributed by atoms with Gasteiger partial charge in [0.1, 0.15) is 0 Å². The van der Waals surface area contributed by atoms with Gasteiger partial charge >= 0.3 is 0 Å². The average Bonchev–Trinajstić information content (AvgIpc) is 2.53. The molecule has 0 bridgehead atoms. The fourth-order valence-electron chi connectivity index (χ4n) is 2.42. The van der Waals surface area contributed by atoms with Crippen molar-refractivity contribution in [1.82, 2.24) is 10.2 Å². The first kappa shape index (κ1) is 12.0. The summed E-state index contributed by atoms with van der Waals surface area (Å²) in [4.78, 5) is 2.63. The van der Waals surface area contributed by atoms with Crippen molar-refractivity contribution < 1.29 is 0 Å². The van der Waals surface area contributed by atoms with E-state index in [2.05, 4.69) is 31.0 Å². The van der Waals surface area contributed by atoms with Crippen LogP contribution >= 0.6 is 0 Å². The minimum absolute atomic E-state index is 0.728.